The average Bonchev–Trinajstić information content (AvgIpc) is 3.48. The van der Waals surface area contributed by atoms with Crippen molar-refractivity contribution in [3.05, 3.63) is 134 Å². The van der Waals surface area contributed by atoms with Gasteiger partial charge in [-0.05, 0) is 118 Å². The van der Waals surface area contributed by atoms with Gasteiger partial charge in [0.05, 0.1) is 6.42 Å². The normalized spacial score (nSPS) is 10.9. The Hall–Kier alpha value is -7.54. The van der Waals surface area contributed by atoms with Crippen molar-refractivity contribution in [3.8, 4) is 11.8 Å². The molecule has 16 nitrogen and oxygen atoms in total. The molecular weight excluding hydrogens is 1190 g/mol. The summed E-state index contributed by atoms with van der Waals surface area (Å²) in [7, 11) is 0. The van der Waals surface area contributed by atoms with Crippen molar-refractivity contribution in [2.24, 2.45) is 5.92 Å². The van der Waals surface area contributed by atoms with Crippen molar-refractivity contribution in [3.63, 3.8) is 0 Å². The number of esters is 8. The molecule has 1 unspecified atom stereocenters. The number of rotatable bonds is 53. The molecule has 0 saturated carbocycles. The van der Waals surface area contributed by atoms with Crippen molar-refractivity contribution < 1.29 is 76.3 Å². The summed E-state index contributed by atoms with van der Waals surface area (Å²) in [5, 5.41) is 0. The van der Waals surface area contributed by atoms with Gasteiger partial charge >= 0.3 is 47.8 Å². The molecule has 0 heterocycles. The van der Waals surface area contributed by atoms with Crippen LogP contribution in [0.4, 0.5) is 0 Å². The summed E-state index contributed by atoms with van der Waals surface area (Å²) >= 11 is 0. The zero-order valence-corrected chi connectivity index (χ0v) is 59.4. The van der Waals surface area contributed by atoms with Crippen LogP contribution in [0.1, 0.15) is 242 Å². The molecule has 0 fully saturated rings. The van der Waals surface area contributed by atoms with Crippen molar-refractivity contribution in [2.45, 2.75) is 242 Å². The van der Waals surface area contributed by atoms with Gasteiger partial charge in [-0.2, -0.15) is 0 Å². The highest BCUT2D eigenvalue weighted by molar-refractivity contribution is 5.88. The molecule has 0 radical (unpaired) electrons. The second-order valence-corrected chi connectivity index (χ2v) is 22.3. The van der Waals surface area contributed by atoms with Crippen molar-refractivity contribution in [1.82, 2.24) is 0 Å². The smallest absolute Gasteiger partial charge is 0.333 e. The van der Waals surface area contributed by atoms with Gasteiger partial charge in [0.25, 0.3) is 0 Å². The third-order valence-electron chi connectivity index (χ3n) is 12.9. The van der Waals surface area contributed by atoms with E-state index in [9.17, 15) is 38.4 Å². The van der Waals surface area contributed by atoms with E-state index in [2.05, 4.69) is 121 Å². The van der Waals surface area contributed by atoms with Crippen molar-refractivity contribution in [1.29, 1.82) is 0 Å². The zero-order chi connectivity index (χ0) is 71.1. The molecule has 0 aromatic heterocycles. The molecule has 0 aliphatic carbocycles. The van der Waals surface area contributed by atoms with Crippen molar-refractivity contribution >= 4 is 47.8 Å². The lowest BCUT2D eigenvalue weighted by molar-refractivity contribution is -0.150. The van der Waals surface area contributed by atoms with Gasteiger partial charge in [-0.3, -0.25) is 14.4 Å². The number of ether oxygens (including phenoxy) is 8. The Bertz CT molecular complexity index is 2370. The van der Waals surface area contributed by atoms with Gasteiger partial charge in [0.2, 0.25) is 0 Å². The van der Waals surface area contributed by atoms with Crippen molar-refractivity contribution in [2.75, 3.05) is 52.9 Å². The third kappa shape index (κ3) is 73.5. The van der Waals surface area contributed by atoms with Gasteiger partial charge in [-0.25, -0.2) is 24.0 Å². The van der Waals surface area contributed by atoms with E-state index in [1.165, 1.54) is 83.1 Å². The molecule has 0 bridgehead atoms. The van der Waals surface area contributed by atoms with E-state index in [-0.39, 0.29) is 77.1 Å². The van der Waals surface area contributed by atoms with Crippen LogP contribution >= 0.6 is 0 Å². The molecule has 0 spiro atoms. The average molecular weight is 1320 g/mol. The van der Waals surface area contributed by atoms with E-state index < -0.39 is 35.8 Å². The maximum atomic E-state index is 11.6. The summed E-state index contributed by atoms with van der Waals surface area (Å²) in [6, 6.07) is 0. The molecule has 0 aromatic rings. The van der Waals surface area contributed by atoms with Crippen LogP contribution in [0.25, 0.3) is 0 Å². The zero-order valence-electron chi connectivity index (χ0n) is 59.4. The molecule has 0 rings (SSSR count). The molecule has 0 aromatic carbocycles. The highest BCUT2D eigenvalue weighted by Crippen LogP contribution is 2.13. The maximum absolute atomic E-state index is 11.6. The van der Waals surface area contributed by atoms with E-state index in [0.29, 0.717) is 35.1 Å². The second-order valence-electron chi connectivity index (χ2n) is 22.3. The first-order valence-electron chi connectivity index (χ1n) is 34.1. The molecule has 0 amide bonds. The van der Waals surface area contributed by atoms with Crippen LogP contribution in [0.15, 0.2) is 134 Å². The molecule has 0 aliphatic heterocycles. The fourth-order valence-corrected chi connectivity index (χ4v) is 7.55. The van der Waals surface area contributed by atoms with Gasteiger partial charge in [0, 0.05) is 47.1 Å². The number of unbranched alkanes of at least 4 members (excludes halogenated alkanes) is 18. The van der Waals surface area contributed by atoms with Crippen LogP contribution in [0.3, 0.4) is 0 Å². The fourth-order valence-electron chi connectivity index (χ4n) is 7.55. The van der Waals surface area contributed by atoms with E-state index in [4.69, 9.17) is 37.9 Å². The molecule has 94 heavy (non-hydrogen) atoms. The SMILES string of the molecule is C=C(/C=C/C(=O)OCCOC(=O)C(=C)C)CCCCC.C=C(C)C(=O)OCCOC(=O)CCCCCCC/C=C/C/C=C/C/C=C\CC.C=C(C)C(=O)OCCOC(=O)CCCCCCC/C=C/CCCCCCCC.C=CC(C#CC)CC(=O)OCCOC(=O)C(=C)C. The van der Waals surface area contributed by atoms with Crippen LogP contribution in [0.2, 0.25) is 0 Å². The predicted octanol–water partition coefficient (Wildman–Crippen LogP) is 18.1. The Morgan fingerprint density at radius 3 is 1.07 bits per heavy atom. The van der Waals surface area contributed by atoms with Crippen LogP contribution in [0, 0.1) is 17.8 Å². The van der Waals surface area contributed by atoms with E-state index in [0.717, 1.165) is 95.5 Å². The molecule has 0 N–H and O–H groups in total. The maximum Gasteiger partial charge on any atom is 0.333 e. The highest BCUT2D eigenvalue weighted by atomic mass is 16.6. The Kier molecular flexibility index (Phi) is 70.5. The van der Waals surface area contributed by atoms with Gasteiger partial charge in [0.15, 0.2) is 0 Å². The lowest BCUT2D eigenvalue weighted by Crippen LogP contribution is -2.15. The first-order chi connectivity index (χ1) is 45.1. The minimum absolute atomic E-state index is 0.0235. The molecule has 0 aliphatic rings. The standard InChI is InChI=1S/C24H42O4.C24H38O4.C16H24O4.C14H18O4/c2*1-4-5-6-7-8-9-10-11-12-13-14-15-16-17-18-19-23(25)27-20-21-28-24(26)22(2)3;1-5-6-7-8-14(4)9-10-15(17)19-11-12-20-16(18)13(2)3;1-5-7-12(6-2)10-13(15)17-8-9-18-14(16)11(3)4/h11-12H,2,4-10,13-21H2,1,3H3;5-6,8-9,11-12H,2,4,7,10,13-21H2,1,3H3;9-10H,2,4-8,11-12H2,1,3H3;6,12H,2-3,8-10H2,1,4H3/b12-11+;6-5-,9-8+,12-11+;10-9+;. The largest absolute Gasteiger partial charge is 0.462 e. The molecule has 0 saturated heterocycles. The topological polar surface area (TPSA) is 210 Å². The summed E-state index contributed by atoms with van der Waals surface area (Å²) in [5.74, 6) is 2.13. The summed E-state index contributed by atoms with van der Waals surface area (Å²) < 4.78 is 39.1. The Balaban J connectivity index is -0.000000584. The van der Waals surface area contributed by atoms with Crippen LogP contribution < -0.4 is 0 Å². The Morgan fingerprint density at radius 2 is 0.691 bits per heavy atom. The Labute approximate surface area is 567 Å². The minimum Gasteiger partial charge on any atom is -0.462 e. The van der Waals surface area contributed by atoms with Crippen LogP contribution in [-0.4, -0.2) is 101 Å². The molecule has 16 heteroatoms. The molecule has 1 atom stereocenters. The second kappa shape index (κ2) is 71.3. The number of carbonyl (C=O) groups excluding carboxylic acids is 8. The van der Waals surface area contributed by atoms with Gasteiger partial charge in [-0.15, -0.1) is 12.5 Å². The van der Waals surface area contributed by atoms with E-state index >= 15 is 0 Å². The number of carbonyl (C=O) groups is 8. The fraction of sp³-hybridized carbons (Fsp3) is 0.590. The first-order valence-corrected chi connectivity index (χ1v) is 34.1. The first kappa shape index (κ1) is 92.9. The van der Waals surface area contributed by atoms with Gasteiger partial charge in [-0.1, -0.05) is 209 Å². The number of hydrogen-bond acceptors (Lipinski definition) is 16. The predicted molar refractivity (Wildman–Crippen MR) is 380 cm³/mol. The summed E-state index contributed by atoms with van der Waals surface area (Å²) in [6.07, 6.45) is 53.6. The molecular formula is C78H122O16. The lowest BCUT2D eigenvalue weighted by atomic mass is 10.1. The third-order valence-corrected chi connectivity index (χ3v) is 12.9. The lowest BCUT2D eigenvalue weighted by Gasteiger charge is -2.07. The monoisotopic (exact) mass is 1310 g/mol. The van der Waals surface area contributed by atoms with E-state index in [1.54, 1.807) is 46.8 Å². The summed E-state index contributed by atoms with van der Waals surface area (Å²) in [6.45, 7) is 36.3. The van der Waals surface area contributed by atoms with Crippen LogP contribution in [-0.2, 0) is 76.3 Å². The van der Waals surface area contributed by atoms with E-state index in [1.807, 2.05) is 0 Å². The van der Waals surface area contributed by atoms with Crippen LogP contribution in [0.5, 0.6) is 0 Å². The molecule has 530 valence electrons. The summed E-state index contributed by atoms with van der Waals surface area (Å²) in [4.78, 5) is 90.2. The highest BCUT2D eigenvalue weighted by Gasteiger charge is 2.11. The van der Waals surface area contributed by atoms with Gasteiger partial charge < -0.3 is 37.9 Å². The number of allylic oxidation sites excluding steroid dienone is 11. The minimum atomic E-state index is -0.494. The summed E-state index contributed by atoms with van der Waals surface area (Å²) in [5.41, 5.74) is 2.23. The Morgan fingerprint density at radius 1 is 0.372 bits per heavy atom. The van der Waals surface area contributed by atoms with Gasteiger partial charge in [0.1, 0.15) is 52.9 Å². The quantitative estimate of drug-likeness (QED) is 0.0105. The number of hydrogen-bond donors (Lipinski definition) is 0.